The van der Waals surface area contributed by atoms with Crippen LogP contribution >= 0.6 is 0 Å². The first-order chi connectivity index (χ1) is 7.77. The van der Waals surface area contributed by atoms with E-state index in [0.29, 0.717) is 0 Å². The summed E-state index contributed by atoms with van der Waals surface area (Å²) in [6.45, 7) is 0. The molecule has 0 saturated carbocycles. The molecule has 16 heavy (non-hydrogen) atoms. The van der Waals surface area contributed by atoms with E-state index in [9.17, 15) is 9.59 Å². The molecule has 1 amide bonds. The molecule has 2 rings (SSSR count). The van der Waals surface area contributed by atoms with Crippen LogP contribution in [-0.2, 0) is 0 Å². The third-order valence-corrected chi connectivity index (χ3v) is 1.97. The lowest BCUT2D eigenvalue weighted by molar-refractivity contribution is 0.102. The summed E-state index contributed by atoms with van der Waals surface area (Å²) < 4.78 is 0. The van der Waals surface area contributed by atoms with E-state index < -0.39 is 5.91 Å². The first-order valence-corrected chi connectivity index (χ1v) is 4.67. The smallest absolute Gasteiger partial charge is 0.274 e. The molecule has 0 aromatic carbocycles. The van der Waals surface area contributed by atoms with Gasteiger partial charge in [-0.3, -0.25) is 14.6 Å². The lowest BCUT2D eigenvalue weighted by atomic mass is 10.3. The maximum Gasteiger partial charge on any atom is 0.274 e. The van der Waals surface area contributed by atoms with Gasteiger partial charge in [-0.25, -0.2) is 0 Å². The Kier molecular flexibility index (Phi) is 2.77. The Morgan fingerprint density at radius 3 is 2.88 bits per heavy atom. The second-order valence-electron chi connectivity index (χ2n) is 3.09. The monoisotopic (exact) mass is 215 g/mol. The van der Waals surface area contributed by atoms with Gasteiger partial charge in [0.1, 0.15) is 11.4 Å². The molecular formula is C11H9N3O2. The van der Waals surface area contributed by atoms with Gasteiger partial charge >= 0.3 is 0 Å². The molecule has 5 heteroatoms. The minimum absolute atomic E-state index is 0.207. The summed E-state index contributed by atoms with van der Waals surface area (Å²) in [5.41, 5.74) is 0.229. The number of H-pyrrole nitrogens is 1. The fourth-order valence-corrected chi connectivity index (χ4v) is 1.20. The van der Waals surface area contributed by atoms with Crippen LogP contribution in [0, 0.1) is 0 Å². The lowest BCUT2D eigenvalue weighted by Gasteiger charge is -2.02. The molecule has 2 aromatic rings. The summed E-state index contributed by atoms with van der Waals surface area (Å²) in [6, 6.07) is 6.34. The molecule has 0 aliphatic heterocycles. The normalized spacial score (nSPS) is 9.75. The van der Waals surface area contributed by atoms with E-state index in [4.69, 9.17) is 0 Å². The van der Waals surface area contributed by atoms with Crippen LogP contribution in [0.5, 0.6) is 0 Å². The fourth-order valence-electron chi connectivity index (χ4n) is 1.20. The van der Waals surface area contributed by atoms with E-state index in [-0.39, 0.29) is 16.8 Å². The van der Waals surface area contributed by atoms with E-state index in [0.717, 1.165) is 0 Å². The number of aromatic nitrogens is 2. The van der Waals surface area contributed by atoms with Gasteiger partial charge in [0, 0.05) is 24.7 Å². The summed E-state index contributed by atoms with van der Waals surface area (Å²) >= 11 is 0. The highest BCUT2D eigenvalue weighted by Gasteiger charge is 2.07. The summed E-state index contributed by atoms with van der Waals surface area (Å²) in [7, 11) is 0. The summed E-state index contributed by atoms with van der Waals surface area (Å²) in [4.78, 5) is 29.6. The largest absolute Gasteiger partial charge is 0.366 e. The second-order valence-corrected chi connectivity index (χ2v) is 3.09. The molecule has 0 saturated heterocycles. The van der Waals surface area contributed by atoms with E-state index in [1.165, 1.54) is 24.7 Å². The zero-order chi connectivity index (χ0) is 11.4. The summed E-state index contributed by atoms with van der Waals surface area (Å²) in [5.74, 6) is -0.405. The maximum absolute atomic E-state index is 11.6. The Bertz CT molecular complexity index is 548. The predicted octanol–water partition coefficient (Wildman–Crippen LogP) is 1.02. The average Bonchev–Trinajstić information content (AvgIpc) is 2.33. The number of nitrogens with one attached hydrogen (secondary N) is 2. The fraction of sp³-hybridized carbons (Fsp3) is 0. The van der Waals surface area contributed by atoms with Crippen LogP contribution in [-0.4, -0.2) is 15.9 Å². The topological polar surface area (TPSA) is 74.8 Å². The molecule has 0 spiro atoms. The molecule has 0 fully saturated rings. The van der Waals surface area contributed by atoms with Crippen LogP contribution in [0.4, 0.5) is 5.69 Å². The highest BCUT2D eigenvalue weighted by Crippen LogP contribution is 2.00. The van der Waals surface area contributed by atoms with E-state index >= 15 is 0 Å². The van der Waals surface area contributed by atoms with Crippen LogP contribution in [0.25, 0.3) is 0 Å². The number of carbonyl (C=O) groups is 1. The minimum atomic E-state index is -0.405. The SMILES string of the molecule is O=C(Nc1c[nH]ccc1=O)c1ccccn1. The van der Waals surface area contributed by atoms with Crippen molar-refractivity contribution in [2.45, 2.75) is 0 Å². The van der Waals surface area contributed by atoms with Gasteiger partial charge in [-0.05, 0) is 12.1 Å². The van der Waals surface area contributed by atoms with E-state index in [1.807, 2.05) is 0 Å². The molecule has 0 aliphatic carbocycles. The Balaban J connectivity index is 2.21. The third-order valence-electron chi connectivity index (χ3n) is 1.97. The first-order valence-electron chi connectivity index (χ1n) is 4.67. The summed E-state index contributed by atoms with van der Waals surface area (Å²) in [6.07, 6.45) is 4.45. The molecule has 5 nitrogen and oxygen atoms in total. The van der Waals surface area contributed by atoms with Crippen molar-refractivity contribution in [3.8, 4) is 0 Å². The van der Waals surface area contributed by atoms with Crippen molar-refractivity contribution in [1.82, 2.24) is 9.97 Å². The van der Waals surface area contributed by atoms with Crippen LogP contribution in [0.1, 0.15) is 10.5 Å². The number of anilines is 1. The van der Waals surface area contributed by atoms with Gasteiger partial charge in [-0.1, -0.05) is 6.07 Å². The van der Waals surface area contributed by atoms with Crippen LogP contribution < -0.4 is 10.7 Å². The molecule has 0 atom stereocenters. The van der Waals surface area contributed by atoms with Crippen LogP contribution in [0.15, 0.2) is 47.7 Å². The van der Waals surface area contributed by atoms with Gasteiger partial charge in [0.05, 0.1) is 0 Å². The number of aromatic amines is 1. The molecular weight excluding hydrogens is 206 g/mol. The number of nitrogens with zero attached hydrogens (tertiary/aromatic N) is 1. The number of pyridine rings is 2. The minimum Gasteiger partial charge on any atom is -0.366 e. The number of rotatable bonds is 2. The van der Waals surface area contributed by atoms with Crippen molar-refractivity contribution in [2.75, 3.05) is 5.32 Å². The number of hydrogen-bond acceptors (Lipinski definition) is 3. The highest BCUT2D eigenvalue weighted by atomic mass is 16.2. The van der Waals surface area contributed by atoms with Gasteiger partial charge in [0.2, 0.25) is 5.43 Å². The molecule has 2 aromatic heterocycles. The Labute approximate surface area is 91.2 Å². The van der Waals surface area contributed by atoms with Crippen molar-refractivity contribution in [1.29, 1.82) is 0 Å². The van der Waals surface area contributed by atoms with Crippen molar-refractivity contribution in [3.05, 3.63) is 58.8 Å². The number of amides is 1. The Morgan fingerprint density at radius 2 is 2.19 bits per heavy atom. The maximum atomic E-state index is 11.6. The second kappa shape index (κ2) is 4.39. The van der Waals surface area contributed by atoms with Crippen molar-refractivity contribution in [3.63, 3.8) is 0 Å². The standard InChI is InChI=1S/C11H9N3O2/c15-10-4-6-12-7-9(10)14-11(16)8-3-1-2-5-13-8/h1-7H,(H,12,15)(H,14,16). The lowest BCUT2D eigenvalue weighted by Crippen LogP contribution is -2.18. The molecule has 80 valence electrons. The molecule has 2 heterocycles. The van der Waals surface area contributed by atoms with E-state index in [1.54, 1.807) is 18.2 Å². The first kappa shape index (κ1) is 10.1. The van der Waals surface area contributed by atoms with Crippen molar-refractivity contribution >= 4 is 11.6 Å². The van der Waals surface area contributed by atoms with Gasteiger partial charge in [0.15, 0.2) is 0 Å². The Morgan fingerprint density at radius 1 is 1.31 bits per heavy atom. The molecule has 2 N–H and O–H groups in total. The number of hydrogen-bond donors (Lipinski definition) is 2. The number of carbonyl (C=O) groups excluding carboxylic acids is 1. The predicted molar refractivity (Wildman–Crippen MR) is 59.3 cm³/mol. The summed E-state index contributed by atoms with van der Waals surface area (Å²) in [5, 5.41) is 2.48. The van der Waals surface area contributed by atoms with Crippen LogP contribution in [0.3, 0.4) is 0 Å². The van der Waals surface area contributed by atoms with E-state index in [2.05, 4.69) is 15.3 Å². The molecule has 0 bridgehead atoms. The molecule has 0 radical (unpaired) electrons. The van der Waals surface area contributed by atoms with Crippen molar-refractivity contribution < 1.29 is 4.79 Å². The molecule has 0 aliphatic rings. The quantitative estimate of drug-likeness (QED) is 0.785. The van der Waals surface area contributed by atoms with Gasteiger partial charge in [0.25, 0.3) is 5.91 Å². The Hall–Kier alpha value is -2.43. The highest BCUT2D eigenvalue weighted by molar-refractivity contribution is 6.02. The van der Waals surface area contributed by atoms with Crippen LogP contribution in [0.2, 0.25) is 0 Å². The van der Waals surface area contributed by atoms with Gasteiger partial charge in [-0.15, -0.1) is 0 Å². The zero-order valence-corrected chi connectivity index (χ0v) is 8.31. The molecule has 0 unspecified atom stereocenters. The van der Waals surface area contributed by atoms with Crippen molar-refractivity contribution in [2.24, 2.45) is 0 Å². The zero-order valence-electron chi connectivity index (χ0n) is 8.31. The van der Waals surface area contributed by atoms with Gasteiger partial charge in [-0.2, -0.15) is 0 Å². The van der Waals surface area contributed by atoms with Gasteiger partial charge < -0.3 is 10.3 Å². The average molecular weight is 215 g/mol. The third kappa shape index (κ3) is 2.14.